The van der Waals surface area contributed by atoms with Crippen molar-refractivity contribution in [2.24, 2.45) is 6.98 Å². The van der Waals surface area contributed by atoms with Gasteiger partial charge in [-0.05, 0) is 36.6 Å². The average Bonchev–Trinajstić information content (AvgIpc) is 3.54. The highest BCUT2D eigenvalue weighted by Gasteiger charge is 2.35. The summed E-state index contributed by atoms with van der Waals surface area (Å²) in [4.78, 5) is 28.1. The van der Waals surface area contributed by atoms with E-state index in [4.69, 9.17) is 11.6 Å². The van der Waals surface area contributed by atoms with Gasteiger partial charge < -0.3 is 19.5 Å². The van der Waals surface area contributed by atoms with Crippen LogP contribution in [0, 0.1) is 19.7 Å². The van der Waals surface area contributed by atoms with Crippen molar-refractivity contribution in [3.8, 4) is 11.4 Å². The summed E-state index contributed by atoms with van der Waals surface area (Å²) < 4.78 is 62.7. The second-order valence-electron chi connectivity index (χ2n) is 8.44. The van der Waals surface area contributed by atoms with Crippen LogP contribution in [0.15, 0.2) is 42.9 Å². The van der Waals surface area contributed by atoms with Crippen molar-refractivity contribution in [3.05, 3.63) is 71.2 Å². The van der Waals surface area contributed by atoms with Crippen LogP contribution in [-0.2, 0) is 24.8 Å². The second-order valence-corrected chi connectivity index (χ2v) is 8.44. The molecule has 4 heterocycles. The molecule has 0 bridgehead atoms. The number of ether oxygens (including phenoxy) is 1. The number of rotatable bonds is 7. The molecule has 5 rings (SSSR count). The number of hydrogen-bond acceptors (Lipinski definition) is 7. The normalized spacial score (nSPS) is 18.1. The molecule has 0 radical (unpaired) electrons. The van der Waals surface area contributed by atoms with Crippen molar-refractivity contribution < 1.29 is 20.8 Å². The number of carbonyl (C=O) groups is 1. The van der Waals surface area contributed by atoms with Gasteiger partial charge in [-0.25, -0.2) is 19.3 Å². The zero-order valence-electron chi connectivity index (χ0n) is 24.9. The number of amides is 1. The van der Waals surface area contributed by atoms with Gasteiger partial charge in [-0.1, -0.05) is 12.1 Å². The molecule has 0 unspecified atom stereocenters. The maximum atomic E-state index is 14.4. The molecular formula is C25H27FN8O2. The van der Waals surface area contributed by atoms with Gasteiger partial charge in [0.2, 0.25) is 5.95 Å². The molecule has 0 fully saturated rings. The molecule has 0 aliphatic carbocycles. The third-order valence-corrected chi connectivity index (χ3v) is 5.84. The van der Waals surface area contributed by atoms with Gasteiger partial charge in [0, 0.05) is 49.7 Å². The molecular weight excluding hydrogens is 463 g/mol. The molecule has 1 aliphatic heterocycles. The van der Waals surface area contributed by atoms with E-state index in [-0.39, 0.29) is 36.3 Å². The van der Waals surface area contributed by atoms with E-state index in [2.05, 4.69) is 25.4 Å². The van der Waals surface area contributed by atoms with Crippen LogP contribution in [0.4, 0.5) is 16.2 Å². The Hall–Kier alpha value is -4.12. The molecule has 1 atom stereocenters. The number of nitrogens with zero attached hydrogens (tertiary/aromatic N) is 7. The highest BCUT2D eigenvalue weighted by molar-refractivity contribution is 5.92. The van der Waals surface area contributed by atoms with Crippen molar-refractivity contribution in [2.45, 2.75) is 32.9 Å². The fraction of sp³-hybridized carbons (Fsp3) is 0.320. The smallest absolute Gasteiger partial charge is 0.290 e. The number of fused-ring (bicyclic) bond motifs is 1. The van der Waals surface area contributed by atoms with Crippen LogP contribution < -0.4 is 5.32 Å². The molecule has 10 nitrogen and oxygen atoms in total. The fourth-order valence-corrected chi connectivity index (χ4v) is 3.96. The predicted octanol–water partition coefficient (Wildman–Crippen LogP) is 3.24. The third kappa shape index (κ3) is 4.44. The number of nitrogens with one attached hydrogen (secondary N) is 1. The highest BCUT2D eigenvalue weighted by Crippen LogP contribution is 2.27. The minimum Gasteiger partial charge on any atom is -0.382 e. The van der Waals surface area contributed by atoms with Crippen LogP contribution in [0.2, 0.25) is 0 Å². The van der Waals surface area contributed by atoms with Gasteiger partial charge in [0.05, 0.1) is 27.3 Å². The quantitative estimate of drug-likeness (QED) is 0.420. The summed E-state index contributed by atoms with van der Waals surface area (Å²) in [6, 6.07) is 4.78. The average molecular weight is 496 g/mol. The summed E-state index contributed by atoms with van der Waals surface area (Å²) in [6.07, 6.45) is 4.51. The summed E-state index contributed by atoms with van der Waals surface area (Å²) in [5.41, 5.74) is 1.71. The second kappa shape index (κ2) is 9.50. The monoisotopic (exact) mass is 495 g/mol. The number of hydrogen-bond donors (Lipinski definition) is 1. The maximum absolute atomic E-state index is 14.4. The molecule has 0 saturated heterocycles. The highest BCUT2D eigenvalue weighted by atomic mass is 19.1. The lowest BCUT2D eigenvalue weighted by Crippen LogP contribution is -2.49. The van der Waals surface area contributed by atoms with Gasteiger partial charge in [0.1, 0.15) is 17.3 Å². The lowest BCUT2D eigenvalue weighted by molar-refractivity contribution is 0.0380. The molecule has 1 aromatic carbocycles. The number of aromatic nitrogens is 6. The van der Waals surface area contributed by atoms with Gasteiger partial charge in [0.25, 0.3) is 5.91 Å². The Kier molecular flexibility index (Phi) is 4.80. The first-order chi connectivity index (χ1) is 19.3. The van der Waals surface area contributed by atoms with E-state index in [0.29, 0.717) is 22.5 Å². The zero-order chi connectivity index (χ0) is 29.7. The minimum atomic E-state index is -2.51. The number of imidazole rings is 1. The summed E-state index contributed by atoms with van der Waals surface area (Å²) in [5, 5.41) is 6.69. The van der Waals surface area contributed by atoms with E-state index in [0.717, 1.165) is 15.6 Å². The van der Waals surface area contributed by atoms with E-state index >= 15 is 0 Å². The van der Waals surface area contributed by atoms with Crippen LogP contribution in [-0.4, -0.2) is 59.9 Å². The number of methoxy groups -OCH3 is 1. The lowest BCUT2D eigenvalue weighted by atomic mass is 10.1. The molecule has 1 amide bonds. The van der Waals surface area contributed by atoms with E-state index in [1.165, 1.54) is 37.7 Å². The Balaban J connectivity index is 1.51. The Bertz CT molecular complexity index is 1620. The van der Waals surface area contributed by atoms with E-state index in [1.54, 1.807) is 24.6 Å². The van der Waals surface area contributed by atoms with Crippen LogP contribution >= 0.6 is 0 Å². The van der Waals surface area contributed by atoms with Crippen molar-refractivity contribution in [2.75, 3.05) is 19.0 Å². The SMILES string of the molecule is [2H]C([2H])(c1ccc(C)c(F)c1)N1C(=O)c2nc(-c3nc(Nc4ccnn4C([2H])([2H])[2H])ncc3C)cn2C[C@@H]1COC. The largest absolute Gasteiger partial charge is 0.382 e. The first-order valence-electron chi connectivity index (χ1n) is 13.6. The van der Waals surface area contributed by atoms with E-state index in [1.807, 2.05) is 0 Å². The lowest BCUT2D eigenvalue weighted by Gasteiger charge is -2.35. The number of aryl methyl sites for hydroxylation is 3. The maximum Gasteiger partial charge on any atom is 0.290 e. The number of halogens is 1. The molecule has 0 spiro atoms. The van der Waals surface area contributed by atoms with Gasteiger partial charge >= 0.3 is 0 Å². The molecule has 11 heteroatoms. The standard InChI is InChI=1S/C25H27FN8O2/c1-15-5-6-17(9-19(15)26)11-34-18(14-36-4)12-33-13-20(29-23(33)24(34)35)22-16(2)10-27-25(31-22)30-21-7-8-28-32(21)3/h5-10,13,18H,11-12,14H2,1-4H3,(H,27,30,31)/t18-/m1/s1/i3D3,11D2. The van der Waals surface area contributed by atoms with Gasteiger partial charge in [0.15, 0.2) is 5.82 Å². The number of carbonyl (C=O) groups excluding carboxylic acids is 1. The van der Waals surface area contributed by atoms with Crippen molar-refractivity contribution in [1.82, 2.24) is 34.2 Å². The van der Waals surface area contributed by atoms with E-state index < -0.39 is 31.2 Å². The third-order valence-electron chi connectivity index (χ3n) is 5.84. The number of benzene rings is 1. The Morgan fingerprint density at radius 2 is 2.14 bits per heavy atom. The Morgan fingerprint density at radius 3 is 2.92 bits per heavy atom. The van der Waals surface area contributed by atoms with Crippen LogP contribution in [0.3, 0.4) is 0 Å². The molecule has 0 saturated carbocycles. The van der Waals surface area contributed by atoms with Crippen LogP contribution in [0.25, 0.3) is 11.4 Å². The molecule has 186 valence electrons. The molecule has 36 heavy (non-hydrogen) atoms. The summed E-state index contributed by atoms with van der Waals surface area (Å²) in [5.74, 6) is -1.04. The molecule has 1 aliphatic rings. The topological polar surface area (TPSA) is 103 Å². The summed E-state index contributed by atoms with van der Waals surface area (Å²) >= 11 is 0. The zero-order valence-corrected chi connectivity index (χ0v) is 19.9. The van der Waals surface area contributed by atoms with Gasteiger partial charge in [-0.2, -0.15) is 5.10 Å². The Morgan fingerprint density at radius 1 is 1.28 bits per heavy atom. The minimum absolute atomic E-state index is 0.00561. The summed E-state index contributed by atoms with van der Waals surface area (Å²) in [7, 11) is 1.45. The van der Waals surface area contributed by atoms with Crippen molar-refractivity contribution in [1.29, 1.82) is 0 Å². The van der Waals surface area contributed by atoms with Crippen molar-refractivity contribution >= 4 is 17.7 Å². The molecule has 1 N–H and O–H groups in total. The van der Waals surface area contributed by atoms with E-state index in [9.17, 15) is 9.18 Å². The van der Waals surface area contributed by atoms with Gasteiger partial charge in [-0.3, -0.25) is 9.48 Å². The Labute approximate surface area is 214 Å². The first-order valence-corrected chi connectivity index (χ1v) is 11.1. The van der Waals surface area contributed by atoms with Crippen LogP contribution in [0.5, 0.6) is 0 Å². The predicted molar refractivity (Wildman–Crippen MR) is 131 cm³/mol. The fourth-order valence-electron chi connectivity index (χ4n) is 3.96. The summed E-state index contributed by atoms with van der Waals surface area (Å²) in [6.45, 7) is -1.34. The first kappa shape index (κ1) is 18.2. The van der Waals surface area contributed by atoms with Crippen molar-refractivity contribution in [3.63, 3.8) is 0 Å². The number of anilines is 2. The molecule has 3 aromatic heterocycles. The molecule has 4 aromatic rings. The van der Waals surface area contributed by atoms with Gasteiger partial charge in [-0.15, -0.1) is 0 Å². The van der Waals surface area contributed by atoms with Crippen LogP contribution in [0.1, 0.15) is 34.2 Å².